The van der Waals surface area contributed by atoms with E-state index in [1.54, 1.807) is 0 Å². The maximum Gasteiger partial charge on any atom is 0.223 e. The van der Waals surface area contributed by atoms with Crippen molar-refractivity contribution in [1.29, 1.82) is 0 Å². The van der Waals surface area contributed by atoms with Crippen LogP contribution in [0, 0.1) is 0 Å². The van der Waals surface area contributed by atoms with E-state index in [0.29, 0.717) is 5.82 Å². The molecule has 6 heteroatoms. The highest BCUT2D eigenvalue weighted by molar-refractivity contribution is 5.52. The molecule has 1 aliphatic rings. The summed E-state index contributed by atoms with van der Waals surface area (Å²) >= 11 is 0. The molecular formula is C9H16N6. The van der Waals surface area contributed by atoms with E-state index in [9.17, 15) is 0 Å². The van der Waals surface area contributed by atoms with Crippen molar-refractivity contribution >= 4 is 17.6 Å². The van der Waals surface area contributed by atoms with Crippen molar-refractivity contribution in [2.24, 2.45) is 5.84 Å². The fourth-order valence-electron chi connectivity index (χ4n) is 1.81. The molecule has 0 bridgehead atoms. The Morgan fingerprint density at radius 1 is 1.20 bits per heavy atom. The Balaban J connectivity index is 2.22. The van der Waals surface area contributed by atoms with Crippen molar-refractivity contribution < 1.29 is 0 Å². The molecule has 6 nitrogen and oxygen atoms in total. The molecule has 1 fully saturated rings. The molecule has 0 radical (unpaired) electrons. The third kappa shape index (κ3) is 2.27. The highest BCUT2D eigenvalue weighted by Crippen LogP contribution is 2.20. The number of nitrogen functional groups attached to an aromatic ring is 2. The lowest BCUT2D eigenvalue weighted by Crippen LogP contribution is -2.30. The lowest BCUT2D eigenvalue weighted by molar-refractivity contribution is 0.573. The van der Waals surface area contributed by atoms with Crippen LogP contribution < -0.4 is 21.9 Å². The molecule has 0 amide bonds. The minimum absolute atomic E-state index is 0.256. The van der Waals surface area contributed by atoms with Gasteiger partial charge in [-0.2, -0.15) is 9.97 Å². The number of nitrogens with zero attached hydrogens (tertiary/aromatic N) is 3. The zero-order chi connectivity index (χ0) is 10.7. The summed E-state index contributed by atoms with van der Waals surface area (Å²) in [6, 6.07) is 1.82. The first kappa shape index (κ1) is 9.97. The summed E-state index contributed by atoms with van der Waals surface area (Å²) in [6.45, 7) is 2.06. The Morgan fingerprint density at radius 3 is 2.60 bits per heavy atom. The van der Waals surface area contributed by atoms with Crippen molar-refractivity contribution in [3.8, 4) is 0 Å². The summed E-state index contributed by atoms with van der Waals surface area (Å²) in [4.78, 5) is 10.4. The minimum atomic E-state index is 0.256. The molecule has 15 heavy (non-hydrogen) atoms. The third-order valence-corrected chi connectivity index (χ3v) is 2.56. The third-order valence-electron chi connectivity index (χ3n) is 2.56. The number of nitrogens with two attached hydrogens (primary N) is 2. The average Bonchev–Trinajstić information content (AvgIpc) is 2.29. The predicted octanol–water partition coefficient (Wildman–Crippen LogP) is 0.335. The standard InChI is InChI=1S/C9H16N6/c10-9-12-7(14-11)6-8(13-9)15-4-2-1-3-5-15/h6H,1-5,11H2,(H3,10,12,13,14). The van der Waals surface area contributed by atoms with Crippen LogP contribution >= 0.6 is 0 Å². The van der Waals surface area contributed by atoms with Gasteiger partial charge in [-0.05, 0) is 19.3 Å². The van der Waals surface area contributed by atoms with Crippen LogP contribution in [0.2, 0.25) is 0 Å². The van der Waals surface area contributed by atoms with Gasteiger partial charge in [0.25, 0.3) is 0 Å². The zero-order valence-corrected chi connectivity index (χ0v) is 8.61. The second-order valence-corrected chi connectivity index (χ2v) is 3.66. The minimum Gasteiger partial charge on any atom is -0.368 e. The van der Waals surface area contributed by atoms with Gasteiger partial charge in [-0.1, -0.05) is 0 Å². The van der Waals surface area contributed by atoms with Gasteiger partial charge in [-0.15, -0.1) is 0 Å². The summed E-state index contributed by atoms with van der Waals surface area (Å²) in [5, 5.41) is 0. The van der Waals surface area contributed by atoms with Crippen molar-refractivity contribution in [3.05, 3.63) is 6.07 Å². The lowest BCUT2D eigenvalue weighted by Gasteiger charge is -2.27. The van der Waals surface area contributed by atoms with E-state index in [4.69, 9.17) is 11.6 Å². The molecular weight excluding hydrogens is 192 g/mol. The largest absolute Gasteiger partial charge is 0.368 e. The Bertz CT molecular complexity index is 333. The normalized spacial score (nSPS) is 16.5. The quantitative estimate of drug-likeness (QED) is 0.479. The smallest absolute Gasteiger partial charge is 0.223 e. The molecule has 0 saturated carbocycles. The zero-order valence-electron chi connectivity index (χ0n) is 8.61. The van der Waals surface area contributed by atoms with E-state index >= 15 is 0 Å². The molecule has 82 valence electrons. The van der Waals surface area contributed by atoms with Gasteiger partial charge in [0.2, 0.25) is 5.95 Å². The molecule has 1 saturated heterocycles. The van der Waals surface area contributed by atoms with Crippen LogP contribution in [0.3, 0.4) is 0 Å². The number of hydrogen-bond acceptors (Lipinski definition) is 6. The highest BCUT2D eigenvalue weighted by Gasteiger charge is 2.13. The number of hydrazine groups is 1. The molecule has 5 N–H and O–H groups in total. The molecule has 0 aromatic carbocycles. The van der Waals surface area contributed by atoms with Crippen LogP contribution in [0.5, 0.6) is 0 Å². The first-order valence-electron chi connectivity index (χ1n) is 5.16. The van der Waals surface area contributed by atoms with Crippen molar-refractivity contribution in [2.45, 2.75) is 19.3 Å². The van der Waals surface area contributed by atoms with Gasteiger partial charge in [-0.25, -0.2) is 5.84 Å². The molecule has 0 unspecified atom stereocenters. The molecule has 0 atom stereocenters. The van der Waals surface area contributed by atoms with E-state index in [1.807, 2.05) is 6.07 Å². The number of piperidine rings is 1. The molecule has 0 spiro atoms. The fourth-order valence-corrected chi connectivity index (χ4v) is 1.81. The molecule has 2 heterocycles. The second kappa shape index (κ2) is 4.31. The van der Waals surface area contributed by atoms with Gasteiger partial charge in [0.05, 0.1) is 0 Å². The Kier molecular flexibility index (Phi) is 2.86. The molecule has 1 aromatic rings. The summed E-state index contributed by atoms with van der Waals surface area (Å²) in [5.74, 6) is 6.97. The fraction of sp³-hybridized carbons (Fsp3) is 0.556. The Morgan fingerprint density at radius 2 is 1.93 bits per heavy atom. The Hall–Kier alpha value is -1.56. The first-order chi connectivity index (χ1) is 7.29. The van der Waals surface area contributed by atoms with Gasteiger partial charge in [0.1, 0.15) is 11.6 Å². The van der Waals surface area contributed by atoms with Gasteiger partial charge in [0.15, 0.2) is 0 Å². The van der Waals surface area contributed by atoms with Gasteiger partial charge >= 0.3 is 0 Å². The number of hydrogen-bond donors (Lipinski definition) is 3. The first-order valence-corrected chi connectivity index (χ1v) is 5.16. The number of rotatable bonds is 2. The van der Waals surface area contributed by atoms with E-state index in [0.717, 1.165) is 18.9 Å². The van der Waals surface area contributed by atoms with Gasteiger partial charge in [-0.3, -0.25) is 0 Å². The van der Waals surface area contributed by atoms with Gasteiger partial charge in [0, 0.05) is 19.2 Å². The van der Waals surface area contributed by atoms with Crippen molar-refractivity contribution in [1.82, 2.24) is 9.97 Å². The van der Waals surface area contributed by atoms with Crippen molar-refractivity contribution in [2.75, 3.05) is 29.1 Å². The van der Waals surface area contributed by atoms with Gasteiger partial charge < -0.3 is 16.1 Å². The van der Waals surface area contributed by atoms with Crippen LogP contribution in [-0.2, 0) is 0 Å². The van der Waals surface area contributed by atoms with Crippen LogP contribution in [0.4, 0.5) is 17.6 Å². The lowest BCUT2D eigenvalue weighted by atomic mass is 10.1. The van der Waals surface area contributed by atoms with Crippen LogP contribution in [-0.4, -0.2) is 23.1 Å². The molecule has 0 aliphatic carbocycles. The van der Waals surface area contributed by atoms with Crippen molar-refractivity contribution in [3.63, 3.8) is 0 Å². The van der Waals surface area contributed by atoms with Crippen LogP contribution in [0.25, 0.3) is 0 Å². The maximum atomic E-state index is 5.60. The topological polar surface area (TPSA) is 93.1 Å². The average molecular weight is 208 g/mol. The predicted molar refractivity (Wildman–Crippen MR) is 60.3 cm³/mol. The summed E-state index contributed by atoms with van der Waals surface area (Å²) in [7, 11) is 0. The summed E-state index contributed by atoms with van der Waals surface area (Å²) in [6.07, 6.45) is 3.70. The SMILES string of the molecule is NNc1cc(N2CCCCC2)nc(N)n1. The highest BCUT2D eigenvalue weighted by atomic mass is 15.3. The molecule has 1 aromatic heterocycles. The molecule has 2 rings (SSSR count). The maximum absolute atomic E-state index is 5.60. The monoisotopic (exact) mass is 208 g/mol. The Labute approximate surface area is 88.6 Å². The summed E-state index contributed by atoms with van der Waals surface area (Å²) in [5.41, 5.74) is 8.09. The summed E-state index contributed by atoms with van der Waals surface area (Å²) < 4.78 is 0. The van der Waals surface area contributed by atoms with E-state index < -0.39 is 0 Å². The number of aromatic nitrogens is 2. The van der Waals surface area contributed by atoms with E-state index in [-0.39, 0.29) is 5.95 Å². The van der Waals surface area contributed by atoms with Crippen LogP contribution in [0.15, 0.2) is 6.07 Å². The second-order valence-electron chi connectivity index (χ2n) is 3.66. The van der Waals surface area contributed by atoms with E-state index in [2.05, 4.69) is 20.3 Å². The van der Waals surface area contributed by atoms with Crippen LogP contribution in [0.1, 0.15) is 19.3 Å². The van der Waals surface area contributed by atoms with E-state index in [1.165, 1.54) is 19.3 Å². The molecule has 1 aliphatic heterocycles. The number of anilines is 3. The number of nitrogens with one attached hydrogen (secondary N) is 1.